The number of anilines is 1. The van der Waals surface area contributed by atoms with Crippen LogP contribution in [-0.2, 0) is 11.2 Å². The Labute approximate surface area is 137 Å². The second-order valence-corrected chi connectivity index (χ2v) is 5.98. The molecule has 0 atom stereocenters. The van der Waals surface area contributed by atoms with Gasteiger partial charge < -0.3 is 9.84 Å². The van der Waals surface area contributed by atoms with Gasteiger partial charge in [-0.2, -0.15) is 0 Å². The second kappa shape index (κ2) is 6.70. The van der Waals surface area contributed by atoms with E-state index < -0.39 is 0 Å². The number of rotatable bonds is 5. The maximum Gasteiger partial charge on any atom is 0.226 e. The van der Waals surface area contributed by atoms with E-state index in [-0.39, 0.29) is 5.91 Å². The molecule has 0 aliphatic heterocycles. The molecule has 0 spiro atoms. The average Bonchev–Trinajstić information content (AvgIpc) is 3.14. The Balaban J connectivity index is 1.59. The van der Waals surface area contributed by atoms with Crippen molar-refractivity contribution in [3.05, 3.63) is 46.9 Å². The summed E-state index contributed by atoms with van der Waals surface area (Å²) in [5, 5.41) is 9.24. The van der Waals surface area contributed by atoms with Gasteiger partial charge in [0.25, 0.3) is 0 Å². The Morgan fingerprint density at radius 1 is 1.30 bits per heavy atom. The predicted molar refractivity (Wildman–Crippen MR) is 88.3 cm³/mol. The molecule has 3 rings (SSSR count). The first-order valence-electron chi connectivity index (χ1n) is 7.21. The number of pyridine rings is 1. The van der Waals surface area contributed by atoms with Crippen LogP contribution in [0.1, 0.15) is 23.4 Å². The molecule has 23 heavy (non-hydrogen) atoms. The molecule has 0 radical (unpaired) electrons. The summed E-state index contributed by atoms with van der Waals surface area (Å²) in [6, 6.07) is 3.77. The van der Waals surface area contributed by atoms with Crippen molar-refractivity contribution in [1.82, 2.24) is 15.1 Å². The average molecular weight is 328 g/mol. The lowest BCUT2D eigenvalue weighted by molar-refractivity contribution is -0.116. The number of thiazole rings is 1. The summed E-state index contributed by atoms with van der Waals surface area (Å²) in [5.74, 6) is 0.699. The van der Waals surface area contributed by atoms with E-state index in [0.717, 1.165) is 28.3 Å². The second-order valence-electron chi connectivity index (χ2n) is 5.12. The smallest absolute Gasteiger partial charge is 0.226 e. The quantitative estimate of drug-likeness (QED) is 0.776. The first-order chi connectivity index (χ1) is 11.1. The molecule has 0 unspecified atom stereocenters. The van der Waals surface area contributed by atoms with Gasteiger partial charge in [-0.25, -0.2) is 4.98 Å². The Bertz CT molecular complexity index is 791. The third kappa shape index (κ3) is 3.62. The number of aryl methyl sites for hydroxylation is 2. The first kappa shape index (κ1) is 15.4. The van der Waals surface area contributed by atoms with Crippen molar-refractivity contribution in [2.75, 3.05) is 5.32 Å². The monoisotopic (exact) mass is 328 g/mol. The highest BCUT2D eigenvalue weighted by atomic mass is 32.1. The predicted octanol–water partition coefficient (Wildman–Crippen LogP) is 3.38. The SMILES string of the molecule is Cc1noc(C)c1CCC(=O)Nc1nc(-c2ccncc2)cs1. The third-order valence-corrected chi connectivity index (χ3v) is 4.27. The van der Waals surface area contributed by atoms with Crippen LogP contribution in [0.5, 0.6) is 0 Å². The van der Waals surface area contributed by atoms with Crippen molar-refractivity contribution >= 4 is 22.4 Å². The highest BCUT2D eigenvalue weighted by Crippen LogP contribution is 2.24. The van der Waals surface area contributed by atoms with E-state index in [1.807, 2.05) is 31.4 Å². The number of carbonyl (C=O) groups is 1. The van der Waals surface area contributed by atoms with Crippen LogP contribution in [0, 0.1) is 13.8 Å². The van der Waals surface area contributed by atoms with Gasteiger partial charge in [-0.3, -0.25) is 9.78 Å². The highest BCUT2D eigenvalue weighted by Gasteiger charge is 2.12. The molecular formula is C16H16N4O2S. The minimum absolute atomic E-state index is 0.0689. The highest BCUT2D eigenvalue weighted by molar-refractivity contribution is 7.14. The molecule has 0 bridgehead atoms. The van der Waals surface area contributed by atoms with Crippen LogP contribution in [0.2, 0.25) is 0 Å². The van der Waals surface area contributed by atoms with Gasteiger partial charge in [0.2, 0.25) is 5.91 Å². The molecule has 0 aliphatic carbocycles. The summed E-state index contributed by atoms with van der Waals surface area (Å²) < 4.78 is 5.10. The fourth-order valence-corrected chi connectivity index (χ4v) is 3.00. The molecule has 1 amide bonds. The minimum atomic E-state index is -0.0689. The number of aromatic nitrogens is 3. The third-order valence-electron chi connectivity index (χ3n) is 3.51. The molecule has 3 aromatic rings. The maximum atomic E-state index is 12.1. The van der Waals surface area contributed by atoms with Crippen LogP contribution in [0.15, 0.2) is 34.4 Å². The summed E-state index contributed by atoms with van der Waals surface area (Å²) in [7, 11) is 0. The number of hydrogen-bond donors (Lipinski definition) is 1. The van der Waals surface area contributed by atoms with Gasteiger partial charge in [0.1, 0.15) is 5.76 Å². The zero-order valence-electron chi connectivity index (χ0n) is 12.9. The molecular weight excluding hydrogens is 312 g/mol. The molecule has 1 N–H and O–H groups in total. The van der Waals surface area contributed by atoms with Crippen molar-refractivity contribution in [2.45, 2.75) is 26.7 Å². The molecule has 0 saturated heterocycles. The molecule has 3 aromatic heterocycles. The minimum Gasteiger partial charge on any atom is -0.361 e. The molecule has 118 valence electrons. The van der Waals surface area contributed by atoms with Gasteiger partial charge >= 0.3 is 0 Å². The van der Waals surface area contributed by atoms with Gasteiger partial charge in [0.05, 0.1) is 11.4 Å². The standard InChI is InChI=1S/C16H16N4O2S/c1-10-13(11(2)22-20-10)3-4-15(21)19-16-18-14(9-23-16)12-5-7-17-8-6-12/h5-9H,3-4H2,1-2H3,(H,18,19,21). The van der Waals surface area contributed by atoms with Gasteiger partial charge in [-0.05, 0) is 32.4 Å². The lowest BCUT2D eigenvalue weighted by Crippen LogP contribution is -2.12. The Morgan fingerprint density at radius 2 is 2.09 bits per heavy atom. The maximum absolute atomic E-state index is 12.1. The van der Waals surface area contributed by atoms with E-state index in [9.17, 15) is 4.79 Å². The first-order valence-corrected chi connectivity index (χ1v) is 8.09. The lowest BCUT2D eigenvalue weighted by Gasteiger charge is -2.01. The number of hydrogen-bond acceptors (Lipinski definition) is 6. The van der Waals surface area contributed by atoms with Crippen molar-refractivity contribution in [2.24, 2.45) is 0 Å². The van der Waals surface area contributed by atoms with E-state index in [1.165, 1.54) is 11.3 Å². The van der Waals surface area contributed by atoms with Gasteiger partial charge in [0, 0.05) is 35.3 Å². The molecule has 0 saturated carbocycles. The zero-order valence-corrected chi connectivity index (χ0v) is 13.7. The van der Waals surface area contributed by atoms with Crippen molar-refractivity contribution in [3.63, 3.8) is 0 Å². The molecule has 6 nitrogen and oxygen atoms in total. The summed E-state index contributed by atoms with van der Waals surface area (Å²) >= 11 is 1.41. The number of amides is 1. The number of nitrogens with zero attached hydrogens (tertiary/aromatic N) is 3. The Hall–Kier alpha value is -2.54. The van der Waals surface area contributed by atoms with Crippen LogP contribution in [0.3, 0.4) is 0 Å². The molecule has 0 aliphatic rings. The van der Waals surface area contributed by atoms with Crippen LogP contribution < -0.4 is 5.32 Å². The number of nitrogens with one attached hydrogen (secondary N) is 1. The summed E-state index contributed by atoms with van der Waals surface area (Å²) in [6.07, 6.45) is 4.41. The van der Waals surface area contributed by atoms with E-state index >= 15 is 0 Å². The van der Waals surface area contributed by atoms with Crippen LogP contribution in [0.25, 0.3) is 11.3 Å². The van der Waals surface area contributed by atoms with E-state index in [2.05, 4.69) is 20.4 Å². The van der Waals surface area contributed by atoms with E-state index in [4.69, 9.17) is 4.52 Å². The Morgan fingerprint density at radius 3 is 2.78 bits per heavy atom. The topological polar surface area (TPSA) is 80.9 Å². The lowest BCUT2D eigenvalue weighted by atomic mass is 10.1. The zero-order chi connectivity index (χ0) is 16.2. The summed E-state index contributed by atoms with van der Waals surface area (Å²) in [4.78, 5) is 20.5. The van der Waals surface area contributed by atoms with E-state index in [0.29, 0.717) is 18.0 Å². The number of carbonyl (C=O) groups excluding carboxylic acids is 1. The van der Waals surface area contributed by atoms with Gasteiger partial charge in [0.15, 0.2) is 5.13 Å². The summed E-state index contributed by atoms with van der Waals surface area (Å²) in [6.45, 7) is 3.74. The van der Waals surface area contributed by atoms with E-state index in [1.54, 1.807) is 12.4 Å². The van der Waals surface area contributed by atoms with Gasteiger partial charge in [-0.1, -0.05) is 5.16 Å². The van der Waals surface area contributed by atoms with Crippen LogP contribution in [0.4, 0.5) is 5.13 Å². The fourth-order valence-electron chi connectivity index (χ4n) is 2.27. The molecule has 3 heterocycles. The molecule has 0 aromatic carbocycles. The van der Waals surface area contributed by atoms with Crippen LogP contribution >= 0.6 is 11.3 Å². The van der Waals surface area contributed by atoms with Crippen molar-refractivity contribution in [3.8, 4) is 11.3 Å². The fraction of sp³-hybridized carbons (Fsp3) is 0.250. The Kier molecular flexibility index (Phi) is 4.47. The largest absolute Gasteiger partial charge is 0.361 e. The molecule has 0 fully saturated rings. The normalized spacial score (nSPS) is 10.7. The summed E-state index contributed by atoms with van der Waals surface area (Å²) in [5.41, 5.74) is 3.65. The molecule has 7 heteroatoms. The van der Waals surface area contributed by atoms with Crippen molar-refractivity contribution in [1.29, 1.82) is 0 Å². The van der Waals surface area contributed by atoms with Crippen LogP contribution in [-0.4, -0.2) is 21.0 Å². The van der Waals surface area contributed by atoms with Crippen molar-refractivity contribution < 1.29 is 9.32 Å². The van der Waals surface area contributed by atoms with Gasteiger partial charge in [-0.15, -0.1) is 11.3 Å².